The number of hydrogen-bond donors (Lipinski definition) is 2. The highest BCUT2D eigenvalue weighted by molar-refractivity contribution is 5.97. The number of amidine groups is 1. The van der Waals surface area contributed by atoms with Gasteiger partial charge in [-0.25, -0.2) is 4.68 Å². The summed E-state index contributed by atoms with van der Waals surface area (Å²) < 4.78 is 37.8. The Balaban J connectivity index is 0.000000283. The van der Waals surface area contributed by atoms with Crippen molar-refractivity contribution in [1.82, 2.24) is 9.78 Å². The zero-order valence-electron chi connectivity index (χ0n) is 16.0. The van der Waals surface area contributed by atoms with E-state index in [0.717, 1.165) is 29.9 Å². The predicted molar refractivity (Wildman–Crippen MR) is 102 cm³/mol. The molecule has 28 heavy (non-hydrogen) atoms. The lowest BCUT2D eigenvalue weighted by Gasteiger charge is -2.07. The second-order valence-corrected chi connectivity index (χ2v) is 5.55. The van der Waals surface area contributed by atoms with Crippen LogP contribution in [0.25, 0.3) is 0 Å². The first-order valence-electron chi connectivity index (χ1n) is 8.28. The normalized spacial score (nSPS) is 11.3. The van der Waals surface area contributed by atoms with E-state index >= 15 is 0 Å². The number of aldehydes is 1. The van der Waals surface area contributed by atoms with Crippen LogP contribution in [-0.4, -0.2) is 35.4 Å². The molecule has 2 aromatic rings. The molecule has 0 saturated heterocycles. The number of nitrogens with zero attached hydrogens (tertiary/aromatic N) is 3. The van der Waals surface area contributed by atoms with Gasteiger partial charge in [0, 0.05) is 19.3 Å². The van der Waals surface area contributed by atoms with E-state index in [0.29, 0.717) is 30.0 Å². The van der Waals surface area contributed by atoms with Crippen molar-refractivity contribution >= 4 is 30.0 Å². The summed E-state index contributed by atoms with van der Waals surface area (Å²) in [6, 6.07) is 4.20. The van der Waals surface area contributed by atoms with Gasteiger partial charge in [0.2, 0.25) is 6.41 Å². The van der Waals surface area contributed by atoms with Gasteiger partial charge in [0.1, 0.15) is 5.82 Å². The highest BCUT2D eigenvalue weighted by Gasteiger charge is 2.29. The van der Waals surface area contributed by atoms with Crippen molar-refractivity contribution < 1.29 is 22.8 Å². The highest BCUT2D eigenvalue weighted by Crippen LogP contribution is 2.29. The maximum absolute atomic E-state index is 12.0. The van der Waals surface area contributed by atoms with Crippen LogP contribution in [0.2, 0.25) is 0 Å². The van der Waals surface area contributed by atoms with E-state index in [1.807, 2.05) is 20.8 Å². The quantitative estimate of drug-likeness (QED) is 0.457. The van der Waals surface area contributed by atoms with E-state index in [-0.39, 0.29) is 0 Å². The lowest BCUT2D eigenvalue weighted by atomic mass is 10.2. The van der Waals surface area contributed by atoms with Gasteiger partial charge in [0.25, 0.3) is 0 Å². The molecule has 0 unspecified atom stereocenters. The number of rotatable bonds is 5. The van der Waals surface area contributed by atoms with E-state index in [9.17, 15) is 22.8 Å². The first kappa shape index (κ1) is 22.9. The first-order valence-corrected chi connectivity index (χ1v) is 8.28. The number of amides is 1. The van der Waals surface area contributed by atoms with Crippen LogP contribution >= 0.6 is 0 Å². The summed E-state index contributed by atoms with van der Waals surface area (Å²) in [5.74, 6) is 1.47. The van der Waals surface area contributed by atoms with E-state index in [1.54, 1.807) is 11.7 Å². The number of carbonyl (C=O) groups is 2. The third kappa shape index (κ3) is 6.22. The van der Waals surface area contributed by atoms with Gasteiger partial charge in [-0.15, -0.1) is 0 Å². The van der Waals surface area contributed by atoms with Gasteiger partial charge in [0.05, 0.1) is 22.7 Å². The van der Waals surface area contributed by atoms with E-state index in [1.165, 1.54) is 12.1 Å². The second-order valence-electron chi connectivity index (χ2n) is 5.55. The molecular formula is C18H22F3N5O2. The van der Waals surface area contributed by atoms with Gasteiger partial charge in [-0.3, -0.25) is 14.6 Å². The van der Waals surface area contributed by atoms with Crippen LogP contribution in [0.3, 0.4) is 0 Å². The van der Waals surface area contributed by atoms with Crippen LogP contribution in [-0.2, 0) is 17.5 Å². The predicted octanol–water partition coefficient (Wildman–Crippen LogP) is 3.76. The number of hydrogen-bond acceptors (Lipinski definition) is 4. The van der Waals surface area contributed by atoms with E-state index < -0.39 is 11.7 Å². The number of alkyl halides is 3. The third-order valence-electron chi connectivity index (χ3n) is 3.66. The van der Waals surface area contributed by atoms with Crippen molar-refractivity contribution in [2.24, 2.45) is 4.99 Å². The summed E-state index contributed by atoms with van der Waals surface area (Å²) in [7, 11) is 1.70. The molecule has 1 aromatic carbocycles. The average Bonchev–Trinajstić information content (AvgIpc) is 2.96. The van der Waals surface area contributed by atoms with Gasteiger partial charge < -0.3 is 10.6 Å². The molecule has 0 atom stereocenters. The van der Waals surface area contributed by atoms with Crippen LogP contribution in [0.5, 0.6) is 0 Å². The lowest BCUT2D eigenvalue weighted by Crippen LogP contribution is -2.13. The number of aromatic nitrogens is 2. The van der Waals surface area contributed by atoms with Gasteiger partial charge in [-0.1, -0.05) is 0 Å². The SMILES string of the molecule is CCn1nc(C)c(C=O)c1NC(C)=NC.O=CNc1ccc(C(F)(F)F)cc1. The van der Waals surface area contributed by atoms with Gasteiger partial charge in [-0.2, -0.15) is 18.3 Å². The van der Waals surface area contributed by atoms with E-state index in [2.05, 4.69) is 20.7 Å². The summed E-state index contributed by atoms with van der Waals surface area (Å²) in [6.07, 6.45) is -3.11. The molecule has 152 valence electrons. The van der Waals surface area contributed by atoms with Gasteiger partial charge >= 0.3 is 6.18 Å². The molecule has 10 heteroatoms. The molecule has 7 nitrogen and oxygen atoms in total. The van der Waals surface area contributed by atoms with Gasteiger partial charge in [-0.05, 0) is 45.0 Å². The minimum absolute atomic E-state index is 0.336. The van der Waals surface area contributed by atoms with Crippen molar-refractivity contribution in [2.45, 2.75) is 33.5 Å². The molecule has 0 aliphatic carbocycles. The minimum Gasteiger partial charge on any atom is -0.329 e. The molecule has 2 N–H and O–H groups in total. The van der Waals surface area contributed by atoms with Crippen molar-refractivity contribution in [3.05, 3.63) is 41.1 Å². The Kier molecular flexibility index (Phi) is 8.36. The Morgan fingerprint density at radius 2 is 1.86 bits per heavy atom. The molecule has 0 spiro atoms. The summed E-state index contributed by atoms with van der Waals surface area (Å²) >= 11 is 0. The number of halogens is 3. The topological polar surface area (TPSA) is 88.4 Å². The van der Waals surface area contributed by atoms with Crippen LogP contribution in [0.15, 0.2) is 29.3 Å². The highest BCUT2D eigenvalue weighted by atomic mass is 19.4. The molecule has 0 radical (unpaired) electrons. The number of aliphatic imine (C=N–C) groups is 1. The summed E-state index contributed by atoms with van der Waals surface area (Å²) in [5.41, 5.74) is 0.935. The molecule has 1 heterocycles. The molecule has 0 aliphatic heterocycles. The molecular weight excluding hydrogens is 375 g/mol. The lowest BCUT2D eigenvalue weighted by molar-refractivity contribution is -0.137. The molecule has 0 aliphatic rings. The number of carbonyl (C=O) groups excluding carboxylic acids is 2. The van der Waals surface area contributed by atoms with Crippen molar-refractivity contribution in [1.29, 1.82) is 0 Å². The Labute approximate surface area is 160 Å². The average molecular weight is 397 g/mol. The number of aryl methyl sites for hydroxylation is 2. The summed E-state index contributed by atoms with van der Waals surface area (Å²) in [4.78, 5) is 24.8. The number of benzene rings is 1. The smallest absolute Gasteiger partial charge is 0.329 e. The van der Waals surface area contributed by atoms with Crippen LogP contribution in [0.1, 0.15) is 35.5 Å². The molecule has 1 amide bonds. The minimum atomic E-state index is -4.33. The van der Waals surface area contributed by atoms with Gasteiger partial charge in [0.15, 0.2) is 6.29 Å². The van der Waals surface area contributed by atoms with Crippen LogP contribution in [0.4, 0.5) is 24.7 Å². The summed E-state index contributed by atoms with van der Waals surface area (Å²) in [5, 5.41) is 9.56. The first-order chi connectivity index (χ1) is 13.2. The molecule has 1 aromatic heterocycles. The van der Waals surface area contributed by atoms with Crippen molar-refractivity contribution in [3.8, 4) is 0 Å². The standard InChI is InChI=1S/C10H16N4O.C8H6F3NO/c1-5-14-10(12-8(3)11-4)9(6-15)7(2)13-14;9-8(10,11)6-1-3-7(4-2-6)12-5-13/h6H,5H2,1-4H3,(H,11,12);1-5H,(H,12,13). The fraction of sp³-hybridized carbons (Fsp3) is 0.333. The van der Waals surface area contributed by atoms with Crippen LogP contribution in [0, 0.1) is 6.92 Å². The fourth-order valence-corrected chi connectivity index (χ4v) is 2.15. The Morgan fingerprint density at radius 3 is 2.29 bits per heavy atom. The maximum atomic E-state index is 12.0. The zero-order chi connectivity index (χ0) is 21.3. The zero-order valence-corrected chi connectivity index (χ0v) is 16.0. The van der Waals surface area contributed by atoms with Crippen molar-refractivity contribution in [2.75, 3.05) is 17.7 Å². The molecule has 0 saturated carbocycles. The second kappa shape index (κ2) is 10.2. The van der Waals surface area contributed by atoms with Crippen molar-refractivity contribution in [3.63, 3.8) is 0 Å². The number of anilines is 2. The Hall–Kier alpha value is -3.17. The molecule has 2 rings (SSSR count). The Bertz CT molecular complexity index is 827. The Morgan fingerprint density at radius 1 is 1.25 bits per heavy atom. The summed E-state index contributed by atoms with van der Waals surface area (Å²) in [6.45, 7) is 6.36. The molecule has 0 bridgehead atoms. The van der Waals surface area contributed by atoms with E-state index in [4.69, 9.17) is 0 Å². The monoisotopic (exact) mass is 397 g/mol. The largest absolute Gasteiger partial charge is 0.416 e. The number of nitrogens with one attached hydrogen (secondary N) is 2. The maximum Gasteiger partial charge on any atom is 0.416 e. The molecule has 0 fully saturated rings. The fourth-order valence-electron chi connectivity index (χ4n) is 2.15. The third-order valence-corrected chi connectivity index (χ3v) is 3.66. The van der Waals surface area contributed by atoms with Crippen LogP contribution < -0.4 is 10.6 Å².